The summed E-state index contributed by atoms with van der Waals surface area (Å²) in [5, 5.41) is 2.63. The Balaban J connectivity index is 1.98. The minimum atomic E-state index is -3.41. The van der Waals surface area contributed by atoms with Crippen molar-refractivity contribution in [2.24, 2.45) is 0 Å². The largest absolute Gasteiger partial charge is 0.493 e. The lowest BCUT2D eigenvalue weighted by Crippen LogP contribution is -2.43. The summed E-state index contributed by atoms with van der Waals surface area (Å²) in [5.41, 5.74) is 0.348. The molecule has 8 nitrogen and oxygen atoms in total. The van der Waals surface area contributed by atoms with Gasteiger partial charge in [-0.3, -0.25) is 4.79 Å². The van der Waals surface area contributed by atoms with E-state index in [9.17, 15) is 13.2 Å². The summed E-state index contributed by atoms with van der Waals surface area (Å²) in [6.45, 7) is 3.81. The number of methoxy groups -OCH3 is 1. The fourth-order valence-corrected chi connectivity index (χ4v) is 4.36. The second-order valence-corrected chi connectivity index (χ2v) is 8.45. The Hall–Kier alpha value is -1.36. The molecule has 1 heterocycles. The number of halogens is 1. The lowest BCUT2D eigenvalue weighted by molar-refractivity contribution is 0.0730. The van der Waals surface area contributed by atoms with Crippen LogP contribution in [0.1, 0.15) is 17.3 Å². The number of carbonyl (C=O) groups is 1. The molecule has 146 valence electrons. The lowest BCUT2D eigenvalue weighted by atomic mass is 10.2. The Bertz CT molecular complexity index is 735. The van der Waals surface area contributed by atoms with Gasteiger partial charge in [-0.05, 0) is 35.0 Å². The summed E-state index contributed by atoms with van der Waals surface area (Å²) in [6.07, 6.45) is 0. The third kappa shape index (κ3) is 5.32. The first-order valence-electron chi connectivity index (χ1n) is 8.23. The van der Waals surface area contributed by atoms with Gasteiger partial charge in [-0.15, -0.1) is 0 Å². The quantitative estimate of drug-likeness (QED) is 0.640. The Labute approximate surface area is 162 Å². The molecule has 0 aromatic heterocycles. The maximum Gasteiger partial charge on any atom is 0.251 e. The van der Waals surface area contributed by atoms with E-state index in [2.05, 4.69) is 21.2 Å². The third-order valence-electron chi connectivity index (χ3n) is 3.79. The van der Waals surface area contributed by atoms with Crippen LogP contribution >= 0.6 is 15.9 Å². The van der Waals surface area contributed by atoms with Gasteiger partial charge < -0.3 is 19.5 Å². The van der Waals surface area contributed by atoms with Crippen LogP contribution in [0.3, 0.4) is 0 Å². The van der Waals surface area contributed by atoms with Crippen molar-refractivity contribution in [3.63, 3.8) is 0 Å². The zero-order valence-electron chi connectivity index (χ0n) is 14.8. The molecule has 0 bridgehead atoms. The zero-order valence-corrected chi connectivity index (χ0v) is 17.2. The van der Waals surface area contributed by atoms with Gasteiger partial charge in [0.25, 0.3) is 5.91 Å². The van der Waals surface area contributed by atoms with E-state index in [0.29, 0.717) is 54.4 Å². The normalized spacial score (nSPS) is 15.5. The highest BCUT2D eigenvalue weighted by Crippen LogP contribution is 2.36. The molecule has 0 spiro atoms. The zero-order chi connectivity index (χ0) is 19.2. The summed E-state index contributed by atoms with van der Waals surface area (Å²) in [4.78, 5) is 12.3. The monoisotopic (exact) mass is 450 g/mol. The number of sulfonamides is 1. The van der Waals surface area contributed by atoms with Crippen molar-refractivity contribution in [2.45, 2.75) is 6.92 Å². The van der Waals surface area contributed by atoms with E-state index in [1.807, 2.05) is 6.92 Å². The van der Waals surface area contributed by atoms with Crippen LogP contribution in [0, 0.1) is 0 Å². The van der Waals surface area contributed by atoms with Gasteiger partial charge in [-0.2, -0.15) is 4.31 Å². The second kappa shape index (κ2) is 9.54. The minimum absolute atomic E-state index is 0.0195. The fraction of sp³-hybridized carbons (Fsp3) is 0.562. The standard InChI is InChI=1S/C16H23BrN2O6S/c1-3-25-15-13(17)10-12(11-14(15)23-2)16(20)18-4-9-26(21,22)19-5-7-24-8-6-19/h10-11H,3-9H2,1-2H3,(H,18,20). The number of benzene rings is 1. The van der Waals surface area contributed by atoms with E-state index >= 15 is 0 Å². The first-order chi connectivity index (χ1) is 12.4. The minimum Gasteiger partial charge on any atom is -0.493 e. The maximum absolute atomic E-state index is 12.3. The van der Waals surface area contributed by atoms with E-state index in [1.54, 1.807) is 12.1 Å². The van der Waals surface area contributed by atoms with Crippen LogP contribution in [0.25, 0.3) is 0 Å². The molecule has 0 saturated carbocycles. The number of hydrogen-bond acceptors (Lipinski definition) is 6. The Morgan fingerprint density at radius 2 is 2.04 bits per heavy atom. The summed E-state index contributed by atoms with van der Waals surface area (Å²) >= 11 is 3.36. The molecular formula is C16H23BrN2O6S. The van der Waals surface area contributed by atoms with E-state index in [4.69, 9.17) is 14.2 Å². The van der Waals surface area contributed by atoms with Gasteiger partial charge in [0, 0.05) is 25.2 Å². The number of nitrogens with one attached hydrogen (secondary N) is 1. The first kappa shape index (κ1) is 20.9. The molecule has 0 radical (unpaired) electrons. The average Bonchev–Trinajstić information content (AvgIpc) is 2.63. The Kier molecular flexibility index (Phi) is 7.69. The van der Waals surface area contributed by atoms with Gasteiger partial charge in [0.1, 0.15) is 0 Å². The number of morpholine rings is 1. The van der Waals surface area contributed by atoms with Crippen LogP contribution in [0.2, 0.25) is 0 Å². The van der Waals surface area contributed by atoms with Gasteiger partial charge in [-0.25, -0.2) is 8.42 Å². The highest BCUT2D eigenvalue weighted by atomic mass is 79.9. The van der Waals surface area contributed by atoms with Gasteiger partial charge >= 0.3 is 0 Å². The second-order valence-electron chi connectivity index (χ2n) is 5.51. The van der Waals surface area contributed by atoms with Crippen molar-refractivity contribution >= 4 is 31.9 Å². The van der Waals surface area contributed by atoms with Gasteiger partial charge in [0.05, 0.1) is 37.2 Å². The molecule has 1 aromatic rings. The lowest BCUT2D eigenvalue weighted by Gasteiger charge is -2.26. The van der Waals surface area contributed by atoms with Crippen molar-refractivity contribution in [1.29, 1.82) is 0 Å². The van der Waals surface area contributed by atoms with Crippen molar-refractivity contribution in [3.8, 4) is 11.5 Å². The summed E-state index contributed by atoms with van der Waals surface area (Å²) in [5.74, 6) is 0.395. The molecule has 1 amide bonds. The molecule has 10 heteroatoms. The molecular weight excluding hydrogens is 428 g/mol. The van der Waals surface area contributed by atoms with Crippen LogP contribution in [-0.4, -0.2) is 70.9 Å². The van der Waals surface area contributed by atoms with Gasteiger partial charge in [0.15, 0.2) is 11.5 Å². The number of nitrogens with zero attached hydrogens (tertiary/aromatic N) is 1. The Morgan fingerprint density at radius 3 is 2.65 bits per heavy atom. The summed E-state index contributed by atoms with van der Waals surface area (Å²) < 4.78 is 42.4. The molecule has 1 N–H and O–H groups in total. The van der Waals surface area contributed by atoms with Crippen molar-refractivity contribution in [1.82, 2.24) is 9.62 Å². The van der Waals surface area contributed by atoms with E-state index in [1.165, 1.54) is 11.4 Å². The first-order valence-corrected chi connectivity index (χ1v) is 10.6. The summed E-state index contributed by atoms with van der Waals surface area (Å²) in [7, 11) is -1.92. The molecule has 0 atom stereocenters. The van der Waals surface area contributed by atoms with Crippen LogP contribution in [0.15, 0.2) is 16.6 Å². The molecule has 26 heavy (non-hydrogen) atoms. The van der Waals surface area contributed by atoms with Crippen molar-refractivity contribution < 1.29 is 27.4 Å². The highest BCUT2D eigenvalue weighted by Gasteiger charge is 2.24. The van der Waals surface area contributed by atoms with Gasteiger partial charge in [0.2, 0.25) is 10.0 Å². The molecule has 1 aliphatic heterocycles. The third-order valence-corrected chi connectivity index (χ3v) is 6.25. The van der Waals surface area contributed by atoms with Crippen LogP contribution in [0.5, 0.6) is 11.5 Å². The number of carbonyl (C=O) groups excluding carboxylic acids is 1. The molecule has 1 saturated heterocycles. The molecule has 1 fully saturated rings. The van der Waals surface area contributed by atoms with Crippen LogP contribution in [-0.2, 0) is 14.8 Å². The Morgan fingerprint density at radius 1 is 1.35 bits per heavy atom. The smallest absolute Gasteiger partial charge is 0.251 e. The van der Waals surface area contributed by atoms with Crippen LogP contribution in [0.4, 0.5) is 0 Å². The number of ether oxygens (including phenoxy) is 3. The van der Waals surface area contributed by atoms with E-state index in [0.717, 1.165) is 0 Å². The van der Waals surface area contributed by atoms with Crippen LogP contribution < -0.4 is 14.8 Å². The molecule has 1 aromatic carbocycles. The average molecular weight is 451 g/mol. The van der Waals surface area contributed by atoms with Crippen molar-refractivity contribution in [2.75, 3.05) is 52.3 Å². The molecule has 0 unspecified atom stereocenters. The molecule has 0 aliphatic carbocycles. The number of rotatable bonds is 8. The van der Waals surface area contributed by atoms with E-state index in [-0.39, 0.29) is 18.2 Å². The number of hydrogen-bond donors (Lipinski definition) is 1. The topological polar surface area (TPSA) is 94.2 Å². The van der Waals surface area contributed by atoms with E-state index < -0.39 is 10.0 Å². The predicted octanol–water partition coefficient (Wildman–Crippen LogP) is 1.25. The number of amides is 1. The van der Waals surface area contributed by atoms with Gasteiger partial charge in [-0.1, -0.05) is 0 Å². The predicted molar refractivity (Wildman–Crippen MR) is 100 cm³/mol. The summed E-state index contributed by atoms with van der Waals surface area (Å²) in [6, 6.07) is 3.17. The molecule has 1 aliphatic rings. The fourth-order valence-electron chi connectivity index (χ4n) is 2.48. The van der Waals surface area contributed by atoms with Crippen molar-refractivity contribution in [3.05, 3.63) is 22.2 Å². The SMILES string of the molecule is CCOc1c(Br)cc(C(=O)NCCS(=O)(=O)N2CCOCC2)cc1OC. The maximum atomic E-state index is 12.3. The highest BCUT2D eigenvalue weighted by molar-refractivity contribution is 9.10. The molecule has 2 rings (SSSR count).